The van der Waals surface area contributed by atoms with Gasteiger partial charge in [-0.25, -0.2) is 0 Å². The molecule has 0 atom stereocenters. The van der Waals surface area contributed by atoms with Gasteiger partial charge in [-0.05, 0) is 71.0 Å². The van der Waals surface area contributed by atoms with Crippen molar-refractivity contribution in [1.29, 1.82) is 0 Å². The SMILES string of the molecule is CCOc1cc(/C=C2\C(=O)NC(=S)N(c3ccccc3Cl)C2=O)cc(Br)c1OC. The van der Waals surface area contributed by atoms with E-state index in [1.54, 1.807) is 36.4 Å². The lowest BCUT2D eigenvalue weighted by atomic mass is 10.1. The van der Waals surface area contributed by atoms with Crippen LogP contribution in [0.1, 0.15) is 12.5 Å². The average molecular weight is 496 g/mol. The third-order valence-electron chi connectivity index (χ3n) is 4.04. The van der Waals surface area contributed by atoms with Gasteiger partial charge in [-0.1, -0.05) is 23.7 Å². The number of carbonyl (C=O) groups excluding carboxylic acids is 2. The third-order valence-corrected chi connectivity index (χ3v) is 5.24. The first-order valence-electron chi connectivity index (χ1n) is 8.53. The van der Waals surface area contributed by atoms with Gasteiger partial charge in [0.15, 0.2) is 16.6 Å². The summed E-state index contributed by atoms with van der Waals surface area (Å²) in [5.74, 6) is -0.157. The Hall–Kier alpha value is -2.42. The number of amides is 2. The fourth-order valence-corrected chi connectivity index (χ4v) is 3.92. The van der Waals surface area contributed by atoms with E-state index in [0.29, 0.717) is 38.9 Å². The van der Waals surface area contributed by atoms with Crippen molar-refractivity contribution in [3.63, 3.8) is 0 Å². The van der Waals surface area contributed by atoms with E-state index < -0.39 is 11.8 Å². The molecule has 1 aliphatic rings. The molecule has 0 aromatic heterocycles. The van der Waals surface area contributed by atoms with Gasteiger partial charge in [-0.3, -0.25) is 19.8 Å². The normalized spacial score (nSPS) is 15.5. The van der Waals surface area contributed by atoms with Gasteiger partial charge in [0.1, 0.15) is 5.57 Å². The fourth-order valence-electron chi connectivity index (χ4n) is 2.81. The van der Waals surface area contributed by atoms with Crippen molar-refractivity contribution in [2.75, 3.05) is 18.6 Å². The van der Waals surface area contributed by atoms with Crippen LogP contribution >= 0.6 is 39.7 Å². The van der Waals surface area contributed by atoms with Crippen molar-refractivity contribution < 1.29 is 19.1 Å². The topological polar surface area (TPSA) is 67.9 Å². The van der Waals surface area contributed by atoms with Crippen LogP contribution in [0.15, 0.2) is 46.4 Å². The number of benzene rings is 2. The number of hydrogen-bond acceptors (Lipinski definition) is 5. The van der Waals surface area contributed by atoms with E-state index in [-0.39, 0.29) is 10.7 Å². The van der Waals surface area contributed by atoms with Crippen LogP contribution in [0.5, 0.6) is 11.5 Å². The van der Waals surface area contributed by atoms with Crippen molar-refractivity contribution in [3.8, 4) is 11.5 Å². The van der Waals surface area contributed by atoms with Crippen LogP contribution in [0, 0.1) is 0 Å². The molecule has 0 spiro atoms. The van der Waals surface area contributed by atoms with E-state index in [0.717, 1.165) is 0 Å². The lowest BCUT2D eigenvalue weighted by Crippen LogP contribution is -2.54. The zero-order valence-electron chi connectivity index (χ0n) is 15.5. The summed E-state index contributed by atoms with van der Waals surface area (Å²) in [4.78, 5) is 26.8. The average Bonchev–Trinajstić information content (AvgIpc) is 2.67. The molecule has 3 rings (SSSR count). The molecule has 2 aromatic carbocycles. The van der Waals surface area contributed by atoms with Crippen molar-refractivity contribution in [2.24, 2.45) is 0 Å². The maximum atomic E-state index is 13.1. The highest BCUT2D eigenvalue weighted by molar-refractivity contribution is 9.10. The zero-order valence-corrected chi connectivity index (χ0v) is 18.7. The predicted octanol–water partition coefficient (Wildman–Crippen LogP) is 4.34. The minimum absolute atomic E-state index is 0.0313. The lowest BCUT2D eigenvalue weighted by molar-refractivity contribution is -0.122. The van der Waals surface area contributed by atoms with Crippen LogP contribution in [-0.2, 0) is 9.59 Å². The molecule has 0 radical (unpaired) electrons. The summed E-state index contributed by atoms with van der Waals surface area (Å²) in [6.45, 7) is 2.27. The molecule has 0 unspecified atom stereocenters. The van der Waals surface area contributed by atoms with Crippen molar-refractivity contribution >= 4 is 68.4 Å². The number of rotatable bonds is 5. The molecule has 1 N–H and O–H groups in total. The number of ether oxygens (including phenoxy) is 2. The van der Waals surface area contributed by atoms with E-state index >= 15 is 0 Å². The highest BCUT2D eigenvalue weighted by Crippen LogP contribution is 2.37. The van der Waals surface area contributed by atoms with E-state index in [1.807, 2.05) is 6.92 Å². The molecular weight excluding hydrogens is 480 g/mol. The van der Waals surface area contributed by atoms with E-state index in [4.69, 9.17) is 33.3 Å². The smallest absolute Gasteiger partial charge is 0.270 e. The number of methoxy groups -OCH3 is 1. The number of thiocarbonyl (C=S) groups is 1. The van der Waals surface area contributed by atoms with Crippen LogP contribution in [-0.4, -0.2) is 30.6 Å². The summed E-state index contributed by atoms with van der Waals surface area (Å²) in [6, 6.07) is 10.2. The summed E-state index contributed by atoms with van der Waals surface area (Å²) in [5.41, 5.74) is 0.880. The number of para-hydroxylation sites is 1. The molecule has 29 heavy (non-hydrogen) atoms. The van der Waals surface area contributed by atoms with E-state index in [2.05, 4.69) is 21.2 Å². The highest BCUT2D eigenvalue weighted by atomic mass is 79.9. The third kappa shape index (κ3) is 4.29. The number of hydrogen-bond donors (Lipinski definition) is 1. The highest BCUT2D eigenvalue weighted by Gasteiger charge is 2.35. The van der Waals surface area contributed by atoms with Gasteiger partial charge in [0.05, 0.1) is 28.9 Å². The van der Waals surface area contributed by atoms with Gasteiger partial charge in [0.25, 0.3) is 11.8 Å². The number of anilines is 1. The summed E-state index contributed by atoms with van der Waals surface area (Å²) < 4.78 is 11.6. The number of nitrogens with zero attached hydrogens (tertiary/aromatic N) is 1. The van der Waals surface area contributed by atoms with Crippen LogP contribution in [0.25, 0.3) is 6.08 Å². The number of halogens is 2. The molecule has 9 heteroatoms. The van der Waals surface area contributed by atoms with Crippen LogP contribution in [0.4, 0.5) is 5.69 Å². The molecule has 2 amide bonds. The lowest BCUT2D eigenvalue weighted by Gasteiger charge is -2.29. The molecule has 0 bridgehead atoms. The van der Waals surface area contributed by atoms with Crippen molar-refractivity contribution in [1.82, 2.24) is 5.32 Å². The summed E-state index contributed by atoms with van der Waals surface area (Å²) in [5, 5.41) is 2.84. The largest absolute Gasteiger partial charge is 0.492 e. The molecule has 2 aromatic rings. The zero-order chi connectivity index (χ0) is 21.1. The molecule has 150 valence electrons. The van der Waals surface area contributed by atoms with Gasteiger partial charge >= 0.3 is 0 Å². The second-order valence-corrected chi connectivity index (χ2v) is 7.52. The monoisotopic (exact) mass is 494 g/mol. The second kappa shape index (κ2) is 8.94. The Bertz CT molecular complexity index is 1040. The standard InChI is InChI=1S/C20H16BrClN2O4S/c1-3-28-16-10-11(9-13(21)17(16)27-2)8-12-18(25)23-20(29)24(19(12)26)15-7-5-4-6-14(15)22/h4-10H,3H2,1-2H3,(H,23,25,29)/b12-8+. The Kier molecular flexibility index (Phi) is 6.56. The van der Waals surface area contributed by atoms with E-state index in [9.17, 15) is 9.59 Å². The minimum atomic E-state index is -0.590. The van der Waals surface area contributed by atoms with Crippen LogP contribution in [0.3, 0.4) is 0 Å². The fraction of sp³-hybridized carbons (Fsp3) is 0.150. The van der Waals surface area contributed by atoms with Crippen LogP contribution < -0.4 is 19.7 Å². The molecule has 6 nitrogen and oxygen atoms in total. The van der Waals surface area contributed by atoms with Crippen molar-refractivity contribution in [2.45, 2.75) is 6.92 Å². The molecular formula is C20H16BrClN2O4S. The second-order valence-electron chi connectivity index (χ2n) is 5.88. The molecule has 1 heterocycles. The Labute approximate surface area is 186 Å². The summed E-state index contributed by atoms with van der Waals surface area (Å²) >= 11 is 14.8. The maximum absolute atomic E-state index is 13.1. The predicted molar refractivity (Wildman–Crippen MR) is 120 cm³/mol. The van der Waals surface area contributed by atoms with Crippen LogP contribution in [0.2, 0.25) is 5.02 Å². The molecule has 1 aliphatic heterocycles. The van der Waals surface area contributed by atoms with Crippen molar-refractivity contribution in [3.05, 3.63) is 57.0 Å². The van der Waals surface area contributed by atoms with Gasteiger partial charge in [0.2, 0.25) is 0 Å². The van der Waals surface area contributed by atoms with Gasteiger partial charge in [0, 0.05) is 0 Å². The first-order valence-corrected chi connectivity index (χ1v) is 10.1. The summed E-state index contributed by atoms with van der Waals surface area (Å²) in [7, 11) is 1.53. The van der Waals surface area contributed by atoms with Gasteiger partial charge in [-0.2, -0.15) is 0 Å². The van der Waals surface area contributed by atoms with Gasteiger partial charge in [-0.15, -0.1) is 0 Å². The Morgan fingerprint density at radius 3 is 2.66 bits per heavy atom. The Balaban J connectivity index is 2.06. The molecule has 0 aliphatic carbocycles. The molecule has 0 saturated carbocycles. The number of carbonyl (C=O) groups is 2. The maximum Gasteiger partial charge on any atom is 0.270 e. The Morgan fingerprint density at radius 2 is 2.00 bits per heavy atom. The molecule has 1 fully saturated rings. The minimum Gasteiger partial charge on any atom is -0.492 e. The quantitative estimate of drug-likeness (QED) is 0.380. The molecule has 1 saturated heterocycles. The first kappa shape index (κ1) is 21.3. The summed E-state index contributed by atoms with van der Waals surface area (Å²) in [6.07, 6.45) is 1.47. The number of nitrogens with one attached hydrogen (secondary N) is 1. The van der Waals surface area contributed by atoms with E-state index in [1.165, 1.54) is 18.1 Å². The Morgan fingerprint density at radius 1 is 1.28 bits per heavy atom. The van der Waals surface area contributed by atoms with Gasteiger partial charge < -0.3 is 9.47 Å². The first-order chi connectivity index (χ1) is 13.9.